The van der Waals surface area contributed by atoms with Gasteiger partial charge >= 0.3 is 5.97 Å². The zero-order valence-corrected chi connectivity index (χ0v) is 15.7. The Morgan fingerprint density at radius 1 is 1.08 bits per heavy atom. The zero-order valence-electron chi connectivity index (χ0n) is 15.7. The van der Waals surface area contributed by atoms with Crippen molar-refractivity contribution in [2.24, 2.45) is 0 Å². The van der Waals surface area contributed by atoms with Crippen molar-refractivity contribution in [2.45, 2.75) is 70.8 Å². The van der Waals surface area contributed by atoms with Gasteiger partial charge in [-0.25, -0.2) is 4.79 Å². The first-order chi connectivity index (χ1) is 12.6. The van der Waals surface area contributed by atoms with Crippen LogP contribution in [-0.4, -0.2) is 24.5 Å². The molecule has 140 valence electrons. The molecule has 1 aromatic rings. The third-order valence-electron chi connectivity index (χ3n) is 5.37. The maximum Gasteiger partial charge on any atom is 0.338 e. The van der Waals surface area contributed by atoms with Gasteiger partial charge in [0.2, 0.25) is 0 Å². The molecule has 0 saturated carbocycles. The molecule has 2 aliphatic carbocycles. The number of carbonyl (C=O) groups excluding carboxylic acids is 2. The molecule has 1 aromatic carbocycles. The number of carbonyl (C=O) groups is 2. The van der Waals surface area contributed by atoms with Crippen LogP contribution in [0.25, 0.3) is 0 Å². The summed E-state index contributed by atoms with van der Waals surface area (Å²) in [5.41, 5.74) is 4.53. The Bertz CT molecular complexity index is 693. The van der Waals surface area contributed by atoms with Crippen LogP contribution in [0.1, 0.15) is 73.4 Å². The van der Waals surface area contributed by atoms with E-state index in [1.165, 1.54) is 42.4 Å². The fraction of sp³-hybridized carbons (Fsp3) is 0.545. The van der Waals surface area contributed by atoms with Gasteiger partial charge in [-0.3, -0.25) is 4.79 Å². The Morgan fingerprint density at radius 2 is 1.85 bits per heavy atom. The van der Waals surface area contributed by atoms with Crippen LogP contribution < -0.4 is 5.32 Å². The van der Waals surface area contributed by atoms with Crippen molar-refractivity contribution in [1.82, 2.24) is 5.32 Å². The minimum absolute atomic E-state index is 0.229. The second kappa shape index (κ2) is 9.02. The molecular weight excluding hydrogens is 326 g/mol. The summed E-state index contributed by atoms with van der Waals surface area (Å²) in [6.45, 7) is 2.23. The highest BCUT2D eigenvalue weighted by atomic mass is 16.5. The number of rotatable bonds is 6. The van der Waals surface area contributed by atoms with Gasteiger partial charge in [0.25, 0.3) is 5.91 Å². The van der Waals surface area contributed by atoms with Crippen LogP contribution in [0.3, 0.4) is 0 Å². The van der Waals surface area contributed by atoms with Gasteiger partial charge in [-0.2, -0.15) is 0 Å². The number of hydrogen-bond acceptors (Lipinski definition) is 3. The zero-order chi connectivity index (χ0) is 18.4. The number of aryl methyl sites for hydroxylation is 2. The first-order valence-electron chi connectivity index (χ1n) is 9.92. The molecule has 0 heterocycles. The molecule has 0 aromatic heterocycles. The van der Waals surface area contributed by atoms with Crippen molar-refractivity contribution >= 4 is 11.9 Å². The van der Waals surface area contributed by atoms with E-state index in [2.05, 4.69) is 11.4 Å². The van der Waals surface area contributed by atoms with Crippen molar-refractivity contribution in [3.05, 3.63) is 46.5 Å². The Kier molecular flexibility index (Phi) is 6.48. The van der Waals surface area contributed by atoms with Gasteiger partial charge in [-0.05, 0) is 88.0 Å². The van der Waals surface area contributed by atoms with E-state index in [1.54, 1.807) is 6.92 Å². The molecule has 0 bridgehead atoms. The molecule has 0 radical (unpaired) electrons. The first kappa shape index (κ1) is 18.7. The number of nitrogens with one attached hydrogen (secondary N) is 1. The molecule has 4 heteroatoms. The maximum absolute atomic E-state index is 12.4. The largest absolute Gasteiger partial charge is 0.449 e. The van der Waals surface area contributed by atoms with E-state index in [4.69, 9.17) is 4.74 Å². The van der Waals surface area contributed by atoms with E-state index in [9.17, 15) is 9.59 Å². The van der Waals surface area contributed by atoms with E-state index in [0.717, 1.165) is 32.1 Å². The van der Waals surface area contributed by atoms with E-state index in [1.807, 2.05) is 18.2 Å². The van der Waals surface area contributed by atoms with Crippen LogP contribution in [0.2, 0.25) is 0 Å². The number of benzene rings is 1. The lowest BCUT2D eigenvalue weighted by Crippen LogP contribution is -2.36. The number of fused-ring (bicyclic) bond motifs is 1. The summed E-state index contributed by atoms with van der Waals surface area (Å²) in [7, 11) is 0. The van der Waals surface area contributed by atoms with E-state index < -0.39 is 12.1 Å². The fourth-order valence-corrected chi connectivity index (χ4v) is 3.76. The van der Waals surface area contributed by atoms with Gasteiger partial charge in [-0.15, -0.1) is 0 Å². The molecule has 0 spiro atoms. The SMILES string of the molecule is C[C@H](OC(=O)c1ccc2c(c1)CCCC2)C(=O)NCCC1=CCCCC1. The summed E-state index contributed by atoms with van der Waals surface area (Å²) < 4.78 is 5.37. The lowest BCUT2D eigenvalue weighted by atomic mass is 9.90. The number of allylic oxidation sites excluding steroid dienone is 1. The minimum atomic E-state index is -0.779. The third-order valence-corrected chi connectivity index (χ3v) is 5.37. The Labute approximate surface area is 156 Å². The number of amides is 1. The van der Waals surface area contributed by atoms with Crippen LogP contribution in [0.4, 0.5) is 0 Å². The van der Waals surface area contributed by atoms with Crippen LogP contribution >= 0.6 is 0 Å². The molecule has 0 saturated heterocycles. The molecular formula is C22H29NO3. The van der Waals surface area contributed by atoms with Gasteiger partial charge in [0.1, 0.15) is 0 Å². The fourth-order valence-electron chi connectivity index (χ4n) is 3.76. The molecule has 2 aliphatic rings. The summed E-state index contributed by atoms with van der Waals surface area (Å²) in [4.78, 5) is 24.5. The second-order valence-corrected chi connectivity index (χ2v) is 7.39. The smallest absolute Gasteiger partial charge is 0.338 e. The standard InChI is InChI=1S/C22H29NO3/c1-16(21(24)23-14-13-17-7-3-2-4-8-17)26-22(25)20-12-11-18-9-5-6-10-19(18)15-20/h7,11-12,15-16H,2-6,8-10,13-14H2,1H3,(H,23,24)/t16-/m0/s1. The molecule has 26 heavy (non-hydrogen) atoms. The highest BCUT2D eigenvalue weighted by molar-refractivity contribution is 5.92. The summed E-state index contributed by atoms with van der Waals surface area (Å²) in [6, 6.07) is 5.76. The van der Waals surface area contributed by atoms with E-state index in [0.29, 0.717) is 12.1 Å². The highest BCUT2D eigenvalue weighted by Crippen LogP contribution is 2.23. The van der Waals surface area contributed by atoms with Gasteiger partial charge in [0.15, 0.2) is 6.10 Å². The van der Waals surface area contributed by atoms with Gasteiger partial charge in [0.05, 0.1) is 5.56 Å². The normalized spacial score (nSPS) is 17.7. The molecule has 1 amide bonds. The topological polar surface area (TPSA) is 55.4 Å². The van der Waals surface area contributed by atoms with Crippen molar-refractivity contribution in [2.75, 3.05) is 6.54 Å². The minimum Gasteiger partial charge on any atom is -0.449 e. The van der Waals surface area contributed by atoms with Crippen molar-refractivity contribution < 1.29 is 14.3 Å². The van der Waals surface area contributed by atoms with Crippen LogP contribution in [0.5, 0.6) is 0 Å². The first-order valence-corrected chi connectivity index (χ1v) is 9.92. The summed E-state index contributed by atoms with van der Waals surface area (Å²) in [6.07, 6.45) is 11.7. The molecule has 3 rings (SSSR count). The lowest BCUT2D eigenvalue weighted by molar-refractivity contribution is -0.129. The quantitative estimate of drug-likeness (QED) is 0.617. The van der Waals surface area contributed by atoms with Crippen molar-refractivity contribution in [3.63, 3.8) is 0 Å². The maximum atomic E-state index is 12.4. The van der Waals surface area contributed by atoms with Gasteiger partial charge in [-0.1, -0.05) is 17.7 Å². The number of esters is 1. The molecule has 4 nitrogen and oxygen atoms in total. The monoisotopic (exact) mass is 355 g/mol. The summed E-state index contributed by atoms with van der Waals surface area (Å²) >= 11 is 0. The molecule has 1 atom stereocenters. The summed E-state index contributed by atoms with van der Waals surface area (Å²) in [5.74, 6) is -0.649. The molecule has 1 N–H and O–H groups in total. The number of hydrogen-bond donors (Lipinski definition) is 1. The second-order valence-electron chi connectivity index (χ2n) is 7.39. The van der Waals surface area contributed by atoms with Crippen LogP contribution in [0.15, 0.2) is 29.8 Å². The highest BCUT2D eigenvalue weighted by Gasteiger charge is 2.20. The predicted octanol–water partition coefficient (Wildman–Crippen LogP) is 4.12. The third kappa shape index (κ3) is 4.96. The molecule has 0 aliphatic heterocycles. The molecule has 0 unspecified atom stereocenters. The van der Waals surface area contributed by atoms with E-state index >= 15 is 0 Å². The lowest BCUT2D eigenvalue weighted by Gasteiger charge is -2.18. The van der Waals surface area contributed by atoms with Gasteiger partial charge in [0, 0.05) is 6.54 Å². The van der Waals surface area contributed by atoms with Gasteiger partial charge < -0.3 is 10.1 Å². The predicted molar refractivity (Wildman–Crippen MR) is 102 cm³/mol. The average molecular weight is 355 g/mol. The number of ether oxygens (including phenoxy) is 1. The van der Waals surface area contributed by atoms with Crippen LogP contribution in [0, 0.1) is 0 Å². The van der Waals surface area contributed by atoms with Crippen molar-refractivity contribution in [3.8, 4) is 0 Å². The Hall–Kier alpha value is -2.10. The van der Waals surface area contributed by atoms with Crippen LogP contribution in [-0.2, 0) is 22.4 Å². The Morgan fingerprint density at radius 3 is 2.62 bits per heavy atom. The Balaban J connectivity index is 1.47. The van der Waals surface area contributed by atoms with Crippen molar-refractivity contribution in [1.29, 1.82) is 0 Å². The summed E-state index contributed by atoms with van der Waals surface area (Å²) in [5, 5.41) is 2.88. The molecule has 0 fully saturated rings. The van der Waals surface area contributed by atoms with E-state index in [-0.39, 0.29) is 5.91 Å². The average Bonchev–Trinajstić information content (AvgIpc) is 2.68.